The summed E-state index contributed by atoms with van der Waals surface area (Å²) in [5.41, 5.74) is 5.86. The van der Waals surface area contributed by atoms with E-state index < -0.39 is 11.9 Å². The van der Waals surface area contributed by atoms with Crippen molar-refractivity contribution >= 4 is 11.8 Å². The summed E-state index contributed by atoms with van der Waals surface area (Å²) in [5.74, 6) is -0.554. The van der Waals surface area contributed by atoms with Gasteiger partial charge in [-0.05, 0) is 12.8 Å². The van der Waals surface area contributed by atoms with E-state index in [1.165, 1.54) is 11.1 Å². The van der Waals surface area contributed by atoms with Gasteiger partial charge >= 0.3 is 0 Å². The first-order valence-electron chi connectivity index (χ1n) is 5.52. The maximum absolute atomic E-state index is 12.0. The van der Waals surface area contributed by atoms with Crippen molar-refractivity contribution in [2.45, 2.75) is 25.3 Å². The Labute approximate surface area is 98.8 Å². The summed E-state index contributed by atoms with van der Waals surface area (Å²) in [5, 5.41) is 0. The largest absolute Gasteiger partial charge is 0.368 e. The zero-order valence-corrected chi connectivity index (χ0v) is 9.37. The number of amides is 2. The predicted molar refractivity (Wildman–Crippen MR) is 59.7 cm³/mol. The molecule has 6 heteroatoms. The smallest absolute Gasteiger partial charge is 0.240 e. The predicted octanol–water partition coefficient (Wildman–Crippen LogP) is -0.505. The fraction of sp³-hybridized carbons (Fsp3) is 0.455. The number of primary amides is 1. The van der Waals surface area contributed by atoms with E-state index >= 15 is 0 Å². The van der Waals surface area contributed by atoms with Gasteiger partial charge in [-0.3, -0.25) is 19.6 Å². The van der Waals surface area contributed by atoms with Crippen molar-refractivity contribution in [3.8, 4) is 0 Å². The van der Waals surface area contributed by atoms with Gasteiger partial charge in [-0.2, -0.15) is 0 Å². The summed E-state index contributed by atoms with van der Waals surface area (Å²) in [6.45, 7) is 0.590. The normalized spacial score (nSPS) is 19.3. The fourth-order valence-electron chi connectivity index (χ4n) is 2.04. The Kier molecular flexibility index (Phi) is 3.32. The highest BCUT2D eigenvalue weighted by Gasteiger charge is 2.32. The average Bonchev–Trinajstić information content (AvgIpc) is 2.79. The van der Waals surface area contributed by atoms with Crippen molar-refractivity contribution in [3.63, 3.8) is 0 Å². The number of nitrogens with two attached hydrogens (primary N) is 1. The van der Waals surface area contributed by atoms with Gasteiger partial charge in [0.05, 0.1) is 12.1 Å². The number of carbonyl (C=O) groups is 2. The van der Waals surface area contributed by atoms with E-state index in [4.69, 9.17) is 5.73 Å². The first-order valence-corrected chi connectivity index (χ1v) is 5.52. The monoisotopic (exact) mass is 234 g/mol. The molecule has 0 spiro atoms. The van der Waals surface area contributed by atoms with Crippen LogP contribution < -0.4 is 5.73 Å². The second-order valence-electron chi connectivity index (χ2n) is 4.02. The van der Waals surface area contributed by atoms with Crippen LogP contribution in [0.3, 0.4) is 0 Å². The minimum absolute atomic E-state index is 0.119. The van der Waals surface area contributed by atoms with Gasteiger partial charge in [-0.15, -0.1) is 0 Å². The third-order valence-corrected chi connectivity index (χ3v) is 2.85. The lowest BCUT2D eigenvalue weighted by molar-refractivity contribution is -0.136. The number of carbonyl (C=O) groups excluding carboxylic acids is 2. The molecule has 6 nitrogen and oxygen atoms in total. The van der Waals surface area contributed by atoms with Crippen molar-refractivity contribution in [1.29, 1.82) is 0 Å². The second kappa shape index (κ2) is 4.90. The fourth-order valence-corrected chi connectivity index (χ4v) is 2.04. The van der Waals surface area contributed by atoms with Crippen molar-refractivity contribution in [2.75, 3.05) is 6.54 Å². The third kappa shape index (κ3) is 2.58. The molecule has 0 aromatic carbocycles. The number of likely N-dealkylation sites (tertiary alicyclic amines) is 1. The van der Waals surface area contributed by atoms with Gasteiger partial charge in [0.25, 0.3) is 0 Å². The molecule has 0 aliphatic carbocycles. The number of nitrogens with zero attached hydrogens (tertiary/aromatic N) is 3. The number of rotatable bonds is 3. The molecule has 0 radical (unpaired) electrons. The van der Waals surface area contributed by atoms with Gasteiger partial charge in [0.1, 0.15) is 6.04 Å². The molecule has 2 heterocycles. The Balaban J connectivity index is 2.03. The SMILES string of the molecule is NC(=O)C1CCCN1C(=O)Cc1cnccn1. The van der Waals surface area contributed by atoms with E-state index in [1.54, 1.807) is 12.4 Å². The molecule has 1 aliphatic heterocycles. The molecule has 1 fully saturated rings. The minimum Gasteiger partial charge on any atom is -0.368 e. The van der Waals surface area contributed by atoms with Gasteiger partial charge in [0.2, 0.25) is 11.8 Å². The molecule has 1 aromatic rings. The lowest BCUT2D eigenvalue weighted by atomic mass is 10.2. The highest BCUT2D eigenvalue weighted by molar-refractivity contribution is 5.87. The van der Waals surface area contributed by atoms with Crippen LogP contribution in [0, 0.1) is 0 Å². The van der Waals surface area contributed by atoms with Crippen molar-refractivity contribution in [3.05, 3.63) is 24.3 Å². The Hall–Kier alpha value is -1.98. The standard InChI is InChI=1S/C11H14N4O2/c12-11(17)9-2-1-5-15(9)10(16)6-8-7-13-3-4-14-8/h3-4,7,9H,1-2,5-6H2,(H2,12,17). The Morgan fingerprint density at radius 1 is 1.47 bits per heavy atom. The summed E-state index contributed by atoms with van der Waals surface area (Å²) in [6, 6.07) is -0.459. The zero-order chi connectivity index (χ0) is 12.3. The summed E-state index contributed by atoms with van der Waals surface area (Å²) in [6.07, 6.45) is 6.28. The molecule has 1 aromatic heterocycles. The van der Waals surface area contributed by atoms with Crippen molar-refractivity contribution in [2.24, 2.45) is 5.73 Å². The second-order valence-corrected chi connectivity index (χ2v) is 4.02. The van der Waals surface area contributed by atoms with Crippen molar-refractivity contribution in [1.82, 2.24) is 14.9 Å². The van der Waals surface area contributed by atoms with Gasteiger partial charge in [-0.25, -0.2) is 0 Å². The maximum atomic E-state index is 12.0. The Bertz CT molecular complexity index is 421. The summed E-state index contributed by atoms with van der Waals surface area (Å²) in [7, 11) is 0. The Morgan fingerprint density at radius 3 is 2.94 bits per heavy atom. The van der Waals surface area contributed by atoms with Crippen LogP contribution in [0.1, 0.15) is 18.5 Å². The lowest BCUT2D eigenvalue weighted by Crippen LogP contribution is -2.44. The van der Waals surface area contributed by atoms with Gasteiger partial charge in [0.15, 0.2) is 0 Å². The number of hydrogen-bond donors (Lipinski definition) is 1. The van der Waals surface area contributed by atoms with Crippen LogP contribution in [0.5, 0.6) is 0 Å². The minimum atomic E-state index is -0.459. The van der Waals surface area contributed by atoms with E-state index in [-0.39, 0.29) is 12.3 Å². The van der Waals surface area contributed by atoms with E-state index in [1.807, 2.05) is 0 Å². The molecule has 2 N–H and O–H groups in total. The molecule has 0 saturated carbocycles. The van der Waals surface area contributed by atoms with Crippen LogP contribution >= 0.6 is 0 Å². The molecule has 17 heavy (non-hydrogen) atoms. The van der Waals surface area contributed by atoms with Crippen LogP contribution in [0.2, 0.25) is 0 Å². The molecule has 2 rings (SSSR count). The van der Waals surface area contributed by atoms with Crippen LogP contribution in [-0.4, -0.2) is 39.3 Å². The zero-order valence-electron chi connectivity index (χ0n) is 9.37. The first kappa shape index (κ1) is 11.5. The Morgan fingerprint density at radius 2 is 2.29 bits per heavy atom. The lowest BCUT2D eigenvalue weighted by Gasteiger charge is -2.21. The van der Waals surface area contributed by atoms with Crippen molar-refractivity contribution < 1.29 is 9.59 Å². The summed E-state index contributed by atoms with van der Waals surface area (Å²) >= 11 is 0. The van der Waals surface area contributed by atoms with Gasteiger partial charge < -0.3 is 10.6 Å². The molecular formula is C11H14N4O2. The molecular weight excluding hydrogens is 220 g/mol. The summed E-state index contributed by atoms with van der Waals surface area (Å²) in [4.78, 5) is 32.6. The number of hydrogen-bond acceptors (Lipinski definition) is 4. The van der Waals surface area contributed by atoms with E-state index in [0.29, 0.717) is 18.7 Å². The molecule has 1 saturated heterocycles. The van der Waals surface area contributed by atoms with Crippen LogP contribution in [-0.2, 0) is 16.0 Å². The summed E-state index contributed by atoms with van der Waals surface area (Å²) < 4.78 is 0. The molecule has 0 bridgehead atoms. The van der Waals surface area contributed by atoms with E-state index in [9.17, 15) is 9.59 Å². The quantitative estimate of drug-likeness (QED) is 0.763. The molecule has 90 valence electrons. The highest BCUT2D eigenvalue weighted by atomic mass is 16.2. The molecule has 2 amide bonds. The molecule has 1 atom stereocenters. The van der Waals surface area contributed by atoms with E-state index in [0.717, 1.165) is 6.42 Å². The molecule has 1 unspecified atom stereocenters. The molecule has 1 aliphatic rings. The first-order chi connectivity index (χ1) is 8.18. The van der Waals surface area contributed by atoms with E-state index in [2.05, 4.69) is 9.97 Å². The number of aromatic nitrogens is 2. The topological polar surface area (TPSA) is 89.2 Å². The average molecular weight is 234 g/mol. The van der Waals surface area contributed by atoms with Gasteiger partial charge in [-0.1, -0.05) is 0 Å². The highest BCUT2D eigenvalue weighted by Crippen LogP contribution is 2.17. The van der Waals surface area contributed by atoms with Crippen LogP contribution in [0.4, 0.5) is 0 Å². The maximum Gasteiger partial charge on any atom is 0.240 e. The van der Waals surface area contributed by atoms with Crippen LogP contribution in [0.15, 0.2) is 18.6 Å². The van der Waals surface area contributed by atoms with Gasteiger partial charge in [0, 0.05) is 25.1 Å². The van der Waals surface area contributed by atoms with Crippen LogP contribution in [0.25, 0.3) is 0 Å². The third-order valence-electron chi connectivity index (χ3n) is 2.85.